The zero-order valence-corrected chi connectivity index (χ0v) is 11.1. The normalized spacial score (nSPS) is 14.9. The van der Waals surface area contributed by atoms with Crippen molar-refractivity contribution in [1.82, 2.24) is 0 Å². The van der Waals surface area contributed by atoms with Crippen LogP contribution in [-0.4, -0.2) is 17.3 Å². The van der Waals surface area contributed by atoms with Gasteiger partial charge in [-0.2, -0.15) is 26.3 Å². The van der Waals surface area contributed by atoms with E-state index >= 15 is 0 Å². The SMILES string of the molecule is CC(C(Cl)c1ccc([N+](=O)[O-])cc1)(C(F)(F)F)C(F)(F)F. The third-order valence-electron chi connectivity index (χ3n) is 3.08. The van der Waals surface area contributed by atoms with Gasteiger partial charge < -0.3 is 0 Å². The van der Waals surface area contributed by atoms with Crippen LogP contribution in [0.2, 0.25) is 0 Å². The molecule has 1 atom stereocenters. The van der Waals surface area contributed by atoms with Crippen molar-refractivity contribution in [2.75, 3.05) is 0 Å². The maximum Gasteiger partial charge on any atom is 0.404 e. The molecule has 0 heterocycles. The molecule has 0 saturated heterocycles. The highest BCUT2D eigenvalue weighted by Gasteiger charge is 2.71. The quantitative estimate of drug-likeness (QED) is 0.337. The molecule has 21 heavy (non-hydrogen) atoms. The first kappa shape index (κ1) is 17.5. The molecule has 0 aromatic heterocycles. The summed E-state index contributed by atoms with van der Waals surface area (Å²) in [6, 6.07) is 3.12. The molecule has 0 N–H and O–H groups in total. The van der Waals surface area contributed by atoms with Crippen molar-refractivity contribution >= 4 is 17.3 Å². The van der Waals surface area contributed by atoms with E-state index in [-0.39, 0.29) is 6.92 Å². The number of hydrogen-bond donors (Lipinski definition) is 0. The van der Waals surface area contributed by atoms with Crippen LogP contribution in [0.3, 0.4) is 0 Å². The molecule has 118 valence electrons. The van der Waals surface area contributed by atoms with Crippen molar-refractivity contribution < 1.29 is 31.3 Å². The first-order valence-electron chi connectivity index (χ1n) is 5.34. The number of hydrogen-bond acceptors (Lipinski definition) is 2. The lowest BCUT2D eigenvalue weighted by atomic mass is 9.81. The van der Waals surface area contributed by atoms with Gasteiger partial charge in [0.2, 0.25) is 0 Å². The van der Waals surface area contributed by atoms with Crippen LogP contribution in [0.15, 0.2) is 24.3 Å². The lowest BCUT2D eigenvalue weighted by Crippen LogP contribution is -2.50. The van der Waals surface area contributed by atoms with E-state index in [0.717, 1.165) is 24.3 Å². The summed E-state index contributed by atoms with van der Waals surface area (Å²) in [6.07, 6.45) is -11.3. The number of nitro groups is 1. The van der Waals surface area contributed by atoms with Gasteiger partial charge in [-0.25, -0.2) is 0 Å². The Hall–Kier alpha value is -1.51. The molecule has 1 aromatic carbocycles. The predicted octanol–water partition coefficient (Wildman–Crippen LogP) is 5.01. The van der Waals surface area contributed by atoms with Crippen molar-refractivity contribution in [2.24, 2.45) is 5.41 Å². The molecule has 0 fully saturated rings. The molecule has 0 spiro atoms. The Morgan fingerprint density at radius 3 is 1.71 bits per heavy atom. The third kappa shape index (κ3) is 3.07. The van der Waals surface area contributed by atoms with Gasteiger partial charge >= 0.3 is 12.4 Å². The highest BCUT2D eigenvalue weighted by molar-refractivity contribution is 6.21. The van der Waals surface area contributed by atoms with Crippen LogP contribution in [0.25, 0.3) is 0 Å². The summed E-state index contributed by atoms with van der Waals surface area (Å²) in [5, 5.41) is 7.94. The monoisotopic (exact) mass is 335 g/mol. The largest absolute Gasteiger partial charge is 0.404 e. The highest BCUT2D eigenvalue weighted by atomic mass is 35.5. The maximum absolute atomic E-state index is 12.8. The Kier molecular flexibility index (Phi) is 4.48. The number of alkyl halides is 7. The van der Waals surface area contributed by atoms with Crippen LogP contribution in [-0.2, 0) is 0 Å². The average Bonchev–Trinajstić information content (AvgIpc) is 2.34. The van der Waals surface area contributed by atoms with Crippen LogP contribution >= 0.6 is 11.6 Å². The summed E-state index contributed by atoms with van der Waals surface area (Å²) >= 11 is 5.40. The second kappa shape index (κ2) is 5.36. The molecule has 0 aliphatic rings. The molecule has 1 unspecified atom stereocenters. The predicted molar refractivity (Wildman–Crippen MR) is 61.9 cm³/mol. The number of non-ortho nitro benzene ring substituents is 1. The first-order valence-corrected chi connectivity index (χ1v) is 5.78. The molecular formula is C11H8ClF6NO2. The van der Waals surface area contributed by atoms with Crippen LogP contribution in [0.1, 0.15) is 17.9 Å². The van der Waals surface area contributed by atoms with Crippen molar-refractivity contribution in [1.29, 1.82) is 0 Å². The molecule has 0 aliphatic heterocycles. The standard InChI is InChI=1S/C11H8ClF6NO2/c1-9(10(13,14)15,11(16,17)18)8(12)6-2-4-7(5-3-6)19(20)21/h2-5,8H,1H3. The molecular weight excluding hydrogens is 328 g/mol. The minimum absolute atomic E-state index is 0.0495. The molecule has 0 bridgehead atoms. The Balaban J connectivity index is 3.30. The van der Waals surface area contributed by atoms with Gasteiger partial charge in [-0.05, 0) is 12.5 Å². The number of benzene rings is 1. The number of rotatable bonds is 3. The van der Waals surface area contributed by atoms with Crippen LogP contribution < -0.4 is 0 Å². The van der Waals surface area contributed by atoms with Crippen molar-refractivity contribution in [3.63, 3.8) is 0 Å². The Morgan fingerprint density at radius 1 is 1.05 bits per heavy atom. The van der Waals surface area contributed by atoms with Gasteiger partial charge in [-0.15, -0.1) is 11.6 Å². The van der Waals surface area contributed by atoms with E-state index < -0.39 is 39.3 Å². The fourth-order valence-electron chi connectivity index (χ4n) is 1.55. The lowest BCUT2D eigenvalue weighted by Gasteiger charge is -2.37. The van der Waals surface area contributed by atoms with E-state index in [1.807, 2.05) is 0 Å². The van der Waals surface area contributed by atoms with E-state index in [1.165, 1.54) is 0 Å². The summed E-state index contributed by atoms with van der Waals surface area (Å²) in [5.74, 6) is 0. The molecule has 0 aliphatic carbocycles. The number of halogens is 7. The zero-order valence-electron chi connectivity index (χ0n) is 10.3. The maximum atomic E-state index is 12.8. The fraction of sp³-hybridized carbons (Fsp3) is 0.455. The third-order valence-corrected chi connectivity index (χ3v) is 3.77. The minimum Gasteiger partial charge on any atom is -0.258 e. The summed E-state index contributed by atoms with van der Waals surface area (Å²) in [7, 11) is 0. The van der Waals surface area contributed by atoms with Gasteiger partial charge in [0.25, 0.3) is 5.69 Å². The number of nitro benzene ring substituents is 1. The van der Waals surface area contributed by atoms with E-state index in [4.69, 9.17) is 11.6 Å². The number of nitrogens with zero attached hydrogens (tertiary/aromatic N) is 1. The van der Waals surface area contributed by atoms with Gasteiger partial charge in [0.1, 0.15) is 0 Å². The molecule has 0 radical (unpaired) electrons. The molecule has 10 heteroatoms. The van der Waals surface area contributed by atoms with Crippen LogP contribution in [0, 0.1) is 15.5 Å². The van der Waals surface area contributed by atoms with Crippen molar-refractivity contribution in [3.8, 4) is 0 Å². The van der Waals surface area contributed by atoms with Crippen molar-refractivity contribution in [2.45, 2.75) is 24.7 Å². The first-order chi connectivity index (χ1) is 9.32. The van der Waals surface area contributed by atoms with Gasteiger partial charge in [0.15, 0.2) is 5.41 Å². The van der Waals surface area contributed by atoms with Gasteiger partial charge in [-0.3, -0.25) is 10.1 Å². The van der Waals surface area contributed by atoms with E-state index in [2.05, 4.69) is 0 Å². The second-order valence-corrected chi connectivity index (χ2v) is 4.85. The Labute approximate surface area is 119 Å². The van der Waals surface area contributed by atoms with E-state index in [9.17, 15) is 36.5 Å². The van der Waals surface area contributed by atoms with Crippen molar-refractivity contribution in [3.05, 3.63) is 39.9 Å². The summed E-state index contributed by atoms with van der Waals surface area (Å²) < 4.78 is 77.0. The topological polar surface area (TPSA) is 43.1 Å². The van der Waals surface area contributed by atoms with E-state index in [1.54, 1.807) is 0 Å². The van der Waals surface area contributed by atoms with Crippen LogP contribution in [0.4, 0.5) is 32.0 Å². The Bertz CT molecular complexity index is 511. The minimum atomic E-state index is -5.64. The van der Waals surface area contributed by atoms with E-state index in [0.29, 0.717) is 0 Å². The lowest BCUT2D eigenvalue weighted by molar-refractivity contribution is -0.384. The molecule has 1 aromatic rings. The average molecular weight is 336 g/mol. The second-order valence-electron chi connectivity index (χ2n) is 4.41. The van der Waals surface area contributed by atoms with Gasteiger partial charge in [0, 0.05) is 12.1 Å². The van der Waals surface area contributed by atoms with Gasteiger partial charge in [0.05, 0.1) is 10.3 Å². The molecule has 1 rings (SSSR count). The molecule has 0 saturated carbocycles. The summed E-state index contributed by atoms with van der Waals surface area (Å²) in [6.45, 7) is -0.0495. The molecule has 0 amide bonds. The summed E-state index contributed by atoms with van der Waals surface area (Å²) in [5.41, 5.74) is -5.17. The van der Waals surface area contributed by atoms with Gasteiger partial charge in [-0.1, -0.05) is 12.1 Å². The Morgan fingerprint density at radius 2 is 1.43 bits per heavy atom. The molecule has 3 nitrogen and oxygen atoms in total. The van der Waals surface area contributed by atoms with Crippen LogP contribution in [0.5, 0.6) is 0 Å². The smallest absolute Gasteiger partial charge is 0.258 e. The summed E-state index contributed by atoms with van der Waals surface area (Å²) in [4.78, 5) is 9.58. The fourth-order valence-corrected chi connectivity index (χ4v) is 1.94. The highest BCUT2D eigenvalue weighted by Crippen LogP contribution is 2.59. The zero-order chi connectivity index (χ0) is 16.6.